The van der Waals surface area contributed by atoms with Crippen LogP contribution >= 0.6 is 0 Å². The first-order valence-electron chi connectivity index (χ1n) is 3.71. The number of fused-ring (bicyclic) bond motifs is 1. The van der Waals surface area contributed by atoms with Gasteiger partial charge in [0.05, 0.1) is 0 Å². The molecule has 0 saturated carbocycles. The van der Waals surface area contributed by atoms with Gasteiger partial charge < -0.3 is 4.98 Å². The molecule has 2 aromatic rings. The van der Waals surface area contributed by atoms with E-state index >= 15 is 0 Å². The lowest BCUT2D eigenvalue weighted by Crippen LogP contribution is -2.22. The molecule has 2 rings (SSSR count). The fraction of sp³-hybridized carbons (Fsp3) is 0.143. The van der Waals surface area contributed by atoms with Crippen LogP contribution in [0.25, 0.3) is 11.2 Å². The Morgan fingerprint density at radius 3 is 2.86 bits per heavy atom. The summed E-state index contributed by atoms with van der Waals surface area (Å²) in [6, 6.07) is 0. The monoisotopic (exact) mass is 196 g/mol. The molecule has 2 aromatic heterocycles. The van der Waals surface area contributed by atoms with Gasteiger partial charge in [-0.3, -0.25) is 9.36 Å². The summed E-state index contributed by atoms with van der Waals surface area (Å²) >= 11 is 0. The Balaban J connectivity index is 2.97. The van der Waals surface area contributed by atoms with Crippen molar-refractivity contribution in [3.05, 3.63) is 33.0 Å². The molecular formula is C7H5FN4O2. The van der Waals surface area contributed by atoms with Gasteiger partial charge >= 0.3 is 11.2 Å². The molecule has 0 spiro atoms. The lowest BCUT2D eigenvalue weighted by molar-refractivity contribution is 0.569. The maximum atomic E-state index is 12.7. The second kappa shape index (κ2) is 2.72. The molecule has 0 aliphatic carbocycles. The summed E-state index contributed by atoms with van der Waals surface area (Å²) in [5, 5.41) is 0. The zero-order chi connectivity index (χ0) is 10.3. The summed E-state index contributed by atoms with van der Waals surface area (Å²) in [4.78, 5) is 30.8. The molecule has 0 amide bonds. The van der Waals surface area contributed by atoms with E-state index in [1.54, 1.807) is 0 Å². The van der Waals surface area contributed by atoms with Gasteiger partial charge in [-0.2, -0.15) is 9.37 Å². The van der Waals surface area contributed by atoms with E-state index < -0.39 is 17.2 Å². The van der Waals surface area contributed by atoms with Crippen LogP contribution in [0.2, 0.25) is 0 Å². The first-order valence-corrected chi connectivity index (χ1v) is 3.71. The molecule has 1 N–H and O–H groups in total. The predicted octanol–water partition coefficient (Wildman–Crippen LogP) is -0.844. The van der Waals surface area contributed by atoms with Gasteiger partial charge in [0.15, 0.2) is 5.65 Å². The van der Waals surface area contributed by atoms with Crippen molar-refractivity contribution in [2.75, 3.05) is 0 Å². The maximum Gasteiger partial charge on any atom is 0.349 e. The first kappa shape index (κ1) is 8.54. The number of hydrogen-bond donors (Lipinski definition) is 1. The highest BCUT2D eigenvalue weighted by Crippen LogP contribution is 1.98. The quantitative estimate of drug-likeness (QED) is 0.595. The molecule has 0 bridgehead atoms. The summed E-state index contributed by atoms with van der Waals surface area (Å²) in [6.45, 7) is 0. The number of rotatable bonds is 0. The van der Waals surface area contributed by atoms with Gasteiger partial charge in [0.25, 0.3) is 5.95 Å². The fourth-order valence-electron chi connectivity index (χ4n) is 1.02. The molecule has 72 valence electrons. The van der Waals surface area contributed by atoms with Crippen molar-refractivity contribution in [2.45, 2.75) is 0 Å². The Morgan fingerprint density at radius 1 is 1.43 bits per heavy atom. The third kappa shape index (κ3) is 1.18. The standard InChI is InChI=1S/C7H5FN4O2/c1-12-2-3-5(11-7(12)14)10-6(13)4(8)9-3/h2H,1H3,(H,10,11,13,14). The third-order valence-electron chi connectivity index (χ3n) is 1.71. The molecule has 0 aromatic carbocycles. The minimum atomic E-state index is -1.14. The minimum Gasteiger partial charge on any atom is -0.301 e. The molecule has 0 fully saturated rings. The van der Waals surface area contributed by atoms with E-state index in [1.165, 1.54) is 13.2 Å². The molecule has 7 heteroatoms. The number of aromatic amines is 1. The van der Waals surface area contributed by atoms with E-state index in [4.69, 9.17) is 0 Å². The predicted molar refractivity (Wildman–Crippen MR) is 45.4 cm³/mol. The topological polar surface area (TPSA) is 80.6 Å². The van der Waals surface area contributed by atoms with E-state index in [0.29, 0.717) is 0 Å². The van der Waals surface area contributed by atoms with Gasteiger partial charge in [0.1, 0.15) is 5.52 Å². The number of halogens is 1. The maximum absolute atomic E-state index is 12.7. The largest absolute Gasteiger partial charge is 0.349 e. The Bertz CT molecular complexity index is 564. The minimum absolute atomic E-state index is 0.0144. The van der Waals surface area contributed by atoms with Gasteiger partial charge in [0.2, 0.25) is 0 Å². The fourth-order valence-corrected chi connectivity index (χ4v) is 1.02. The van der Waals surface area contributed by atoms with E-state index in [2.05, 4.69) is 15.0 Å². The highest BCUT2D eigenvalue weighted by molar-refractivity contribution is 5.67. The Labute approximate surface area is 76.1 Å². The summed E-state index contributed by atoms with van der Waals surface area (Å²) in [5.74, 6) is -1.14. The highest BCUT2D eigenvalue weighted by atomic mass is 19.1. The third-order valence-corrected chi connectivity index (χ3v) is 1.71. The van der Waals surface area contributed by atoms with E-state index in [9.17, 15) is 14.0 Å². The highest BCUT2D eigenvalue weighted by Gasteiger charge is 2.05. The normalized spacial score (nSPS) is 10.7. The Hall–Kier alpha value is -2.05. The molecule has 0 unspecified atom stereocenters. The molecule has 0 saturated heterocycles. The van der Waals surface area contributed by atoms with Gasteiger partial charge in [-0.15, -0.1) is 0 Å². The molecule has 0 atom stereocenters. The van der Waals surface area contributed by atoms with Gasteiger partial charge in [0, 0.05) is 13.2 Å². The number of nitrogens with zero attached hydrogens (tertiary/aromatic N) is 3. The molecule has 2 heterocycles. The summed E-state index contributed by atoms with van der Waals surface area (Å²) in [7, 11) is 1.46. The summed E-state index contributed by atoms with van der Waals surface area (Å²) in [6.07, 6.45) is 1.30. The summed E-state index contributed by atoms with van der Waals surface area (Å²) < 4.78 is 13.9. The van der Waals surface area contributed by atoms with E-state index in [-0.39, 0.29) is 11.2 Å². The van der Waals surface area contributed by atoms with Gasteiger partial charge in [-0.05, 0) is 0 Å². The van der Waals surface area contributed by atoms with Crippen molar-refractivity contribution in [2.24, 2.45) is 7.05 Å². The Morgan fingerprint density at radius 2 is 2.14 bits per heavy atom. The zero-order valence-electron chi connectivity index (χ0n) is 7.11. The van der Waals surface area contributed by atoms with Crippen LogP contribution in [0.1, 0.15) is 0 Å². The number of aryl methyl sites for hydroxylation is 1. The molecule has 0 radical (unpaired) electrons. The number of aromatic nitrogens is 4. The smallest absolute Gasteiger partial charge is 0.301 e. The van der Waals surface area contributed by atoms with Crippen LogP contribution in [0, 0.1) is 5.95 Å². The zero-order valence-corrected chi connectivity index (χ0v) is 7.11. The van der Waals surface area contributed by atoms with Crippen LogP contribution in [0.15, 0.2) is 15.8 Å². The number of hydrogen-bond acceptors (Lipinski definition) is 4. The van der Waals surface area contributed by atoms with Crippen LogP contribution in [0.3, 0.4) is 0 Å². The van der Waals surface area contributed by atoms with Crippen LogP contribution in [-0.2, 0) is 7.05 Å². The molecule has 6 nitrogen and oxygen atoms in total. The van der Waals surface area contributed by atoms with Crippen molar-refractivity contribution in [1.82, 2.24) is 19.5 Å². The van der Waals surface area contributed by atoms with Crippen molar-refractivity contribution >= 4 is 11.2 Å². The summed E-state index contributed by atoms with van der Waals surface area (Å²) in [5.41, 5.74) is -1.41. The van der Waals surface area contributed by atoms with Crippen molar-refractivity contribution in [1.29, 1.82) is 0 Å². The van der Waals surface area contributed by atoms with Crippen molar-refractivity contribution in [3.63, 3.8) is 0 Å². The number of nitrogens with one attached hydrogen (secondary N) is 1. The van der Waals surface area contributed by atoms with Gasteiger partial charge in [-0.25, -0.2) is 9.78 Å². The second-order valence-corrected chi connectivity index (χ2v) is 2.72. The van der Waals surface area contributed by atoms with E-state index in [0.717, 1.165) is 4.57 Å². The van der Waals surface area contributed by atoms with Crippen LogP contribution in [0.4, 0.5) is 4.39 Å². The lowest BCUT2D eigenvalue weighted by Gasteiger charge is -1.98. The van der Waals surface area contributed by atoms with Crippen LogP contribution in [0.5, 0.6) is 0 Å². The van der Waals surface area contributed by atoms with Crippen molar-refractivity contribution < 1.29 is 4.39 Å². The second-order valence-electron chi connectivity index (χ2n) is 2.72. The SMILES string of the molecule is Cn1cc2nc(F)c(=O)[nH]c2nc1=O. The average molecular weight is 196 g/mol. The molecule has 0 aliphatic rings. The van der Waals surface area contributed by atoms with Crippen LogP contribution in [-0.4, -0.2) is 19.5 Å². The Kier molecular flexibility index (Phi) is 1.66. The molecule has 14 heavy (non-hydrogen) atoms. The molecular weight excluding hydrogens is 191 g/mol. The molecule has 0 aliphatic heterocycles. The lowest BCUT2D eigenvalue weighted by atomic mass is 10.5. The van der Waals surface area contributed by atoms with Gasteiger partial charge in [-0.1, -0.05) is 0 Å². The number of H-pyrrole nitrogens is 1. The van der Waals surface area contributed by atoms with Crippen molar-refractivity contribution in [3.8, 4) is 0 Å². The average Bonchev–Trinajstić information content (AvgIpc) is 2.11. The van der Waals surface area contributed by atoms with E-state index in [1.807, 2.05) is 0 Å². The first-order chi connectivity index (χ1) is 6.58. The van der Waals surface area contributed by atoms with Crippen LogP contribution < -0.4 is 11.2 Å².